The maximum Gasteiger partial charge on any atom is 0.330 e. The number of carboxylic acids is 1. The van der Waals surface area contributed by atoms with Crippen LogP contribution in [0, 0.1) is 13.8 Å². The van der Waals surface area contributed by atoms with Gasteiger partial charge in [-0.1, -0.05) is 43.2 Å². The summed E-state index contributed by atoms with van der Waals surface area (Å²) in [4.78, 5) is 37.8. The van der Waals surface area contributed by atoms with Crippen molar-refractivity contribution >= 4 is 17.8 Å². The van der Waals surface area contributed by atoms with Crippen LogP contribution in [-0.2, 0) is 14.4 Å². The Balaban J connectivity index is 2.71. The topological polar surface area (TPSA) is 86.7 Å². The fourth-order valence-corrected chi connectivity index (χ4v) is 2.98. The first-order chi connectivity index (χ1) is 12.3. The van der Waals surface area contributed by atoms with E-state index < -0.39 is 17.9 Å². The van der Waals surface area contributed by atoms with E-state index >= 15 is 0 Å². The van der Waals surface area contributed by atoms with Gasteiger partial charge in [0.2, 0.25) is 11.8 Å². The highest BCUT2D eigenvalue weighted by Crippen LogP contribution is 2.18. The molecule has 0 radical (unpaired) electrons. The lowest BCUT2D eigenvalue weighted by Gasteiger charge is -2.21. The molecule has 0 aliphatic rings. The summed E-state index contributed by atoms with van der Waals surface area (Å²) in [6.07, 6.45) is 1.81. The van der Waals surface area contributed by atoms with Gasteiger partial charge < -0.3 is 15.3 Å². The number of hydrogen-bond acceptors (Lipinski definition) is 3. The van der Waals surface area contributed by atoms with Gasteiger partial charge in [-0.2, -0.15) is 0 Å². The molecule has 6 heteroatoms. The van der Waals surface area contributed by atoms with Crippen molar-refractivity contribution in [3.05, 3.63) is 34.9 Å². The Bertz CT molecular complexity index is 616. The van der Waals surface area contributed by atoms with Gasteiger partial charge >= 0.3 is 5.97 Å². The smallest absolute Gasteiger partial charge is 0.330 e. The second-order valence-corrected chi connectivity index (χ2v) is 6.64. The van der Waals surface area contributed by atoms with Crippen molar-refractivity contribution in [2.75, 3.05) is 13.1 Å². The molecule has 0 aromatic heterocycles. The Hall–Kier alpha value is -2.37. The van der Waals surface area contributed by atoms with Gasteiger partial charge in [-0.15, -0.1) is 0 Å². The van der Waals surface area contributed by atoms with Crippen LogP contribution in [0.5, 0.6) is 0 Å². The number of rotatable bonds is 10. The van der Waals surface area contributed by atoms with Gasteiger partial charge in [0.25, 0.3) is 0 Å². The van der Waals surface area contributed by atoms with Gasteiger partial charge in [0.05, 0.1) is 0 Å². The van der Waals surface area contributed by atoms with Gasteiger partial charge in [0.15, 0.2) is 6.04 Å². The molecule has 0 heterocycles. The van der Waals surface area contributed by atoms with Crippen LogP contribution in [0.25, 0.3) is 0 Å². The fourth-order valence-electron chi connectivity index (χ4n) is 2.98. The third-order valence-corrected chi connectivity index (χ3v) is 4.04. The van der Waals surface area contributed by atoms with Crippen LogP contribution < -0.4 is 5.32 Å². The van der Waals surface area contributed by atoms with E-state index in [4.69, 9.17) is 0 Å². The van der Waals surface area contributed by atoms with Crippen molar-refractivity contribution in [2.45, 2.75) is 59.4 Å². The molecule has 6 nitrogen and oxygen atoms in total. The minimum absolute atomic E-state index is 0.0165. The predicted octanol–water partition coefficient (Wildman–Crippen LogP) is 2.97. The zero-order chi connectivity index (χ0) is 19.7. The monoisotopic (exact) mass is 362 g/mol. The molecule has 1 rings (SSSR count). The number of hydrogen-bond donors (Lipinski definition) is 2. The van der Waals surface area contributed by atoms with Crippen LogP contribution in [0.1, 0.15) is 62.3 Å². The van der Waals surface area contributed by atoms with Gasteiger partial charge in [-0.05, 0) is 32.3 Å². The quantitative estimate of drug-likeness (QED) is 0.670. The molecular formula is C20H30N2O4. The number of carboxylic acid groups (broad SMARTS) is 1. The Labute approximate surface area is 155 Å². The summed E-state index contributed by atoms with van der Waals surface area (Å²) in [5.41, 5.74) is 2.41. The summed E-state index contributed by atoms with van der Waals surface area (Å²) in [7, 11) is 0. The van der Waals surface area contributed by atoms with Crippen LogP contribution in [0.3, 0.4) is 0 Å². The van der Waals surface area contributed by atoms with Crippen LogP contribution in [-0.4, -0.2) is 40.9 Å². The minimum atomic E-state index is -1.12. The highest BCUT2D eigenvalue weighted by molar-refractivity contribution is 5.87. The third kappa shape index (κ3) is 6.86. The van der Waals surface area contributed by atoms with E-state index in [1.807, 2.05) is 33.8 Å². The lowest BCUT2D eigenvalue weighted by Crippen LogP contribution is -2.36. The molecule has 0 aliphatic carbocycles. The normalized spacial score (nSPS) is 11.7. The van der Waals surface area contributed by atoms with E-state index in [1.54, 1.807) is 17.0 Å². The molecule has 0 bridgehead atoms. The molecule has 144 valence electrons. The highest BCUT2D eigenvalue weighted by Gasteiger charge is 2.23. The van der Waals surface area contributed by atoms with Crippen molar-refractivity contribution in [1.82, 2.24) is 10.2 Å². The van der Waals surface area contributed by atoms with Crippen molar-refractivity contribution in [1.29, 1.82) is 0 Å². The Morgan fingerprint density at radius 2 is 1.54 bits per heavy atom. The Morgan fingerprint density at radius 1 is 1.00 bits per heavy atom. The number of nitrogens with one attached hydrogen (secondary N) is 1. The number of aliphatic carboxylic acids is 1. The van der Waals surface area contributed by atoms with E-state index in [9.17, 15) is 19.5 Å². The fraction of sp³-hybridized carbons (Fsp3) is 0.550. The van der Waals surface area contributed by atoms with Crippen molar-refractivity contribution in [2.24, 2.45) is 0 Å². The number of nitrogens with zero attached hydrogens (tertiary/aromatic N) is 1. The molecule has 1 atom stereocenters. The van der Waals surface area contributed by atoms with Crippen molar-refractivity contribution < 1.29 is 19.5 Å². The summed E-state index contributed by atoms with van der Waals surface area (Å²) in [6, 6.07) is 4.33. The van der Waals surface area contributed by atoms with E-state index in [0.717, 1.165) is 24.0 Å². The first-order valence-electron chi connectivity index (χ1n) is 9.16. The molecule has 0 spiro atoms. The number of aryl methyl sites for hydroxylation is 2. The molecule has 0 aliphatic heterocycles. The standard InChI is InChI=1S/C20H30N2O4/c1-5-9-22(10-6-2)18(24)8-7-17(23)21-19(20(25)26)16-12-14(3)11-15(4)13-16/h11-13,19H,5-10H2,1-4H3,(H,21,23)(H,25,26). The van der Waals surface area contributed by atoms with Crippen LogP contribution in [0.4, 0.5) is 0 Å². The summed E-state index contributed by atoms with van der Waals surface area (Å²) < 4.78 is 0. The van der Waals surface area contributed by atoms with Gasteiger partial charge in [0.1, 0.15) is 0 Å². The van der Waals surface area contributed by atoms with Gasteiger partial charge in [0, 0.05) is 25.9 Å². The van der Waals surface area contributed by atoms with E-state index in [-0.39, 0.29) is 18.7 Å². The van der Waals surface area contributed by atoms with Crippen molar-refractivity contribution in [3.63, 3.8) is 0 Å². The summed E-state index contributed by atoms with van der Waals surface area (Å²) in [5.74, 6) is -1.62. The molecule has 0 fully saturated rings. The van der Waals surface area contributed by atoms with E-state index in [1.165, 1.54) is 0 Å². The molecule has 0 saturated carbocycles. The molecule has 2 N–H and O–H groups in total. The summed E-state index contributed by atoms with van der Waals surface area (Å²) in [6.45, 7) is 9.12. The molecule has 1 aromatic rings. The lowest BCUT2D eigenvalue weighted by molar-refractivity contribution is -0.142. The minimum Gasteiger partial charge on any atom is -0.479 e. The zero-order valence-electron chi connectivity index (χ0n) is 16.2. The first kappa shape index (κ1) is 21.7. The summed E-state index contributed by atoms with van der Waals surface area (Å²) >= 11 is 0. The van der Waals surface area contributed by atoms with E-state index in [2.05, 4.69) is 5.32 Å². The van der Waals surface area contributed by atoms with Gasteiger partial charge in [-0.25, -0.2) is 4.79 Å². The van der Waals surface area contributed by atoms with Crippen LogP contribution in [0.15, 0.2) is 18.2 Å². The molecule has 1 aromatic carbocycles. The number of benzene rings is 1. The Kier molecular flexibility index (Phi) is 8.82. The summed E-state index contributed by atoms with van der Waals surface area (Å²) in [5, 5.41) is 12.0. The average Bonchev–Trinajstić information content (AvgIpc) is 2.56. The maximum absolute atomic E-state index is 12.2. The molecule has 0 saturated heterocycles. The second-order valence-electron chi connectivity index (χ2n) is 6.64. The Morgan fingerprint density at radius 3 is 2.00 bits per heavy atom. The molecule has 2 amide bonds. The van der Waals surface area contributed by atoms with Crippen molar-refractivity contribution in [3.8, 4) is 0 Å². The maximum atomic E-state index is 12.2. The first-order valence-corrected chi connectivity index (χ1v) is 9.16. The number of carbonyl (C=O) groups excluding carboxylic acids is 2. The second kappa shape index (κ2) is 10.6. The number of amides is 2. The largest absolute Gasteiger partial charge is 0.479 e. The molecular weight excluding hydrogens is 332 g/mol. The van der Waals surface area contributed by atoms with E-state index in [0.29, 0.717) is 18.7 Å². The average molecular weight is 362 g/mol. The van der Waals surface area contributed by atoms with Crippen LogP contribution in [0.2, 0.25) is 0 Å². The third-order valence-electron chi connectivity index (χ3n) is 4.04. The van der Waals surface area contributed by atoms with Gasteiger partial charge in [-0.3, -0.25) is 9.59 Å². The molecule has 26 heavy (non-hydrogen) atoms. The predicted molar refractivity (Wildman–Crippen MR) is 101 cm³/mol. The molecule has 1 unspecified atom stereocenters. The zero-order valence-corrected chi connectivity index (χ0v) is 16.2. The SMILES string of the molecule is CCCN(CCC)C(=O)CCC(=O)NC(C(=O)O)c1cc(C)cc(C)c1. The van der Waals surface area contributed by atoms with Crippen LogP contribution >= 0.6 is 0 Å². The highest BCUT2D eigenvalue weighted by atomic mass is 16.4. The number of carbonyl (C=O) groups is 3. The lowest BCUT2D eigenvalue weighted by atomic mass is 10.0.